The Hall–Kier alpha value is -9.48. The van der Waals surface area contributed by atoms with Crippen LogP contribution in [0.25, 0.3) is 105 Å². The van der Waals surface area contributed by atoms with E-state index in [-0.39, 0.29) is 30.1 Å². The summed E-state index contributed by atoms with van der Waals surface area (Å²) in [6, 6.07) is 91.1. The van der Waals surface area contributed by atoms with Crippen molar-refractivity contribution < 1.29 is 13.9 Å². The van der Waals surface area contributed by atoms with Crippen LogP contribution in [0.4, 0.5) is 0 Å². The Balaban J connectivity index is 0.799. The Morgan fingerprint density at radius 3 is 1.58 bits per heavy atom. The van der Waals surface area contributed by atoms with Gasteiger partial charge in [0.2, 0.25) is 0 Å². The molecule has 2 aromatic heterocycles. The van der Waals surface area contributed by atoms with Gasteiger partial charge in [0.05, 0.1) is 11.0 Å². The molecule has 1 aliphatic carbocycles. The van der Waals surface area contributed by atoms with E-state index in [0.29, 0.717) is 0 Å². The number of fused-ring (bicyclic) bond motifs is 12. The maximum Gasteiger partial charge on any atom is 0.147 e. The molecule has 0 N–H and O–H groups in total. The third-order valence-corrected chi connectivity index (χ3v) is 17.3. The molecule has 376 valence electrons. The van der Waals surface area contributed by atoms with Gasteiger partial charge in [0.1, 0.15) is 35.2 Å². The van der Waals surface area contributed by atoms with Crippen LogP contribution in [0.15, 0.2) is 265 Å². The van der Waals surface area contributed by atoms with Crippen LogP contribution in [0.2, 0.25) is 0 Å². The van der Waals surface area contributed by atoms with E-state index in [1.807, 2.05) is 0 Å². The predicted molar refractivity (Wildman–Crippen MR) is 323 cm³/mol. The third-order valence-electron chi connectivity index (χ3n) is 17.3. The summed E-state index contributed by atoms with van der Waals surface area (Å²) in [4.78, 5) is 0. The van der Waals surface area contributed by atoms with Gasteiger partial charge in [-0.05, 0) is 181 Å². The van der Waals surface area contributed by atoms with E-state index >= 15 is 0 Å². The zero-order valence-corrected chi connectivity index (χ0v) is 43.6. The quantitative estimate of drug-likeness (QED) is 0.142. The molecule has 5 atom stereocenters. The highest BCUT2D eigenvalue weighted by atomic mass is 16.6. The van der Waals surface area contributed by atoms with E-state index in [1.54, 1.807) is 0 Å². The average molecular weight is 1020 g/mol. The maximum atomic E-state index is 6.81. The van der Waals surface area contributed by atoms with Gasteiger partial charge in [0.15, 0.2) is 0 Å². The first-order valence-electron chi connectivity index (χ1n) is 27.7. The molecule has 79 heavy (non-hydrogen) atoms. The van der Waals surface area contributed by atoms with Crippen molar-refractivity contribution in [2.45, 2.75) is 43.5 Å². The molecule has 3 aliphatic rings. The lowest BCUT2D eigenvalue weighted by Crippen LogP contribution is -2.24. The molecule has 11 aromatic carbocycles. The minimum absolute atomic E-state index is 0.110. The number of benzene rings is 11. The molecule has 0 radical (unpaired) electrons. The second-order valence-corrected chi connectivity index (χ2v) is 21.8. The van der Waals surface area contributed by atoms with Crippen molar-refractivity contribution in [3.05, 3.63) is 289 Å². The standard InChI is InChI=1S/C75H53NO3/c1-46-58-29-23-55(41-61(58)62-40-52(48-14-6-2-7-15-48)24-30-59(62)60(46)38-47-22-33-73-67(39-47)75-74(78-73)37-36-70(79-75)51-20-12-5-13-21-51)56-26-32-69-64(43-56)63-42-53(49-16-8-3-9-17-49)25-31-68(63)76(69)57-28-35-72-66(45-57)65-44-54(27-34-71(65)77-72)50-18-10-4-11-19-50/h2-37,39-46,60,70,74-75H,38H2,1H3. The summed E-state index contributed by atoms with van der Waals surface area (Å²) in [6.07, 6.45) is 4.83. The van der Waals surface area contributed by atoms with Crippen LogP contribution in [-0.2, 0) is 11.2 Å². The molecule has 0 spiro atoms. The monoisotopic (exact) mass is 1020 g/mol. The summed E-state index contributed by atoms with van der Waals surface area (Å²) < 4.78 is 22.2. The normalized spacial score (nSPS) is 18.1. The van der Waals surface area contributed by atoms with Gasteiger partial charge >= 0.3 is 0 Å². The number of aromatic nitrogens is 1. The summed E-state index contributed by atoms with van der Waals surface area (Å²) in [7, 11) is 0. The van der Waals surface area contributed by atoms with E-state index in [2.05, 4.69) is 272 Å². The van der Waals surface area contributed by atoms with Crippen molar-refractivity contribution in [2.75, 3.05) is 0 Å². The van der Waals surface area contributed by atoms with E-state index in [1.165, 1.54) is 83.1 Å². The summed E-state index contributed by atoms with van der Waals surface area (Å²) in [5, 5.41) is 4.63. The van der Waals surface area contributed by atoms with Gasteiger partial charge in [-0.3, -0.25) is 0 Å². The van der Waals surface area contributed by atoms with Gasteiger partial charge in [-0.15, -0.1) is 0 Å². The molecule has 0 saturated carbocycles. The zero-order valence-electron chi connectivity index (χ0n) is 43.6. The van der Waals surface area contributed by atoms with Crippen molar-refractivity contribution >= 4 is 43.7 Å². The molecule has 0 saturated heterocycles. The highest BCUT2D eigenvalue weighted by Crippen LogP contribution is 2.52. The molecule has 16 rings (SSSR count). The van der Waals surface area contributed by atoms with Crippen molar-refractivity contribution in [3.8, 4) is 67.1 Å². The molecule has 2 aliphatic heterocycles. The van der Waals surface area contributed by atoms with Crippen LogP contribution >= 0.6 is 0 Å². The first-order chi connectivity index (χ1) is 39.0. The van der Waals surface area contributed by atoms with Crippen LogP contribution in [0.1, 0.15) is 58.8 Å². The smallest absolute Gasteiger partial charge is 0.147 e. The summed E-state index contributed by atoms with van der Waals surface area (Å²) in [6.45, 7) is 2.43. The molecular weight excluding hydrogens is 963 g/mol. The van der Waals surface area contributed by atoms with E-state index < -0.39 is 0 Å². The van der Waals surface area contributed by atoms with Crippen molar-refractivity contribution in [1.82, 2.24) is 4.57 Å². The van der Waals surface area contributed by atoms with Gasteiger partial charge in [0.25, 0.3) is 0 Å². The van der Waals surface area contributed by atoms with Crippen molar-refractivity contribution in [3.63, 3.8) is 0 Å². The fraction of sp³-hybridized carbons (Fsp3) is 0.0933. The largest absolute Gasteiger partial charge is 0.483 e. The minimum atomic E-state index is -0.156. The first kappa shape index (κ1) is 45.7. The number of hydrogen-bond acceptors (Lipinski definition) is 3. The van der Waals surface area contributed by atoms with Gasteiger partial charge in [-0.25, -0.2) is 0 Å². The van der Waals surface area contributed by atoms with Crippen LogP contribution in [0.3, 0.4) is 0 Å². The number of nitrogens with zero attached hydrogens (tertiary/aromatic N) is 1. The molecular formula is C75H53NO3. The molecule has 0 amide bonds. The highest BCUT2D eigenvalue weighted by Gasteiger charge is 2.39. The zero-order chi connectivity index (χ0) is 52.1. The Morgan fingerprint density at radius 2 is 0.924 bits per heavy atom. The lowest BCUT2D eigenvalue weighted by molar-refractivity contribution is -0.0329. The fourth-order valence-electron chi connectivity index (χ4n) is 13.3. The van der Waals surface area contributed by atoms with E-state index in [0.717, 1.165) is 62.0 Å². The predicted octanol–water partition coefficient (Wildman–Crippen LogP) is 19.6. The molecule has 5 unspecified atom stereocenters. The fourth-order valence-corrected chi connectivity index (χ4v) is 13.3. The van der Waals surface area contributed by atoms with Crippen molar-refractivity contribution in [1.29, 1.82) is 0 Å². The number of rotatable bonds is 8. The highest BCUT2D eigenvalue weighted by molar-refractivity contribution is 6.13. The Morgan fingerprint density at radius 1 is 0.405 bits per heavy atom. The minimum Gasteiger partial charge on any atom is -0.483 e. The maximum absolute atomic E-state index is 6.81. The summed E-state index contributed by atoms with van der Waals surface area (Å²) in [5.41, 5.74) is 23.7. The van der Waals surface area contributed by atoms with Crippen LogP contribution in [0.5, 0.6) is 5.75 Å². The number of furan rings is 1. The average Bonchev–Trinajstić information content (AvgIpc) is 4.42. The Bertz CT molecular complexity index is 4550. The number of hydrogen-bond donors (Lipinski definition) is 0. The molecule has 4 nitrogen and oxygen atoms in total. The summed E-state index contributed by atoms with van der Waals surface area (Å²) >= 11 is 0. The Kier molecular flexibility index (Phi) is 10.6. The van der Waals surface area contributed by atoms with Gasteiger partial charge in [-0.1, -0.05) is 183 Å². The summed E-state index contributed by atoms with van der Waals surface area (Å²) in [5.74, 6) is 1.44. The molecule has 13 aromatic rings. The molecule has 4 heterocycles. The second kappa shape index (κ2) is 18.3. The van der Waals surface area contributed by atoms with Crippen molar-refractivity contribution in [2.24, 2.45) is 0 Å². The van der Waals surface area contributed by atoms with Gasteiger partial charge in [0, 0.05) is 32.8 Å². The molecule has 0 fully saturated rings. The van der Waals surface area contributed by atoms with E-state index in [9.17, 15) is 0 Å². The van der Waals surface area contributed by atoms with Crippen LogP contribution in [0, 0.1) is 0 Å². The van der Waals surface area contributed by atoms with Crippen LogP contribution < -0.4 is 4.74 Å². The van der Waals surface area contributed by atoms with E-state index in [4.69, 9.17) is 13.9 Å². The lowest BCUT2D eigenvalue weighted by Gasteiger charge is -2.35. The van der Waals surface area contributed by atoms with Crippen LogP contribution in [-0.4, -0.2) is 10.7 Å². The first-order valence-corrected chi connectivity index (χ1v) is 27.7. The Labute approximate surface area is 459 Å². The third kappa shape index (κ3) is 7.69. The molecule has 0 bridgehead atoms. The van der Waals surface area contributed by atoms with Gasteiger partial charge in [-0.2, -0.15) is 0 Å². The number of ether oxygens (including phenoxy) is 2. The second-order valence-electron chi connectivity index (χ2n) is 21.8. The SMILES string of the molecule is CC1c2ccc(-c3ccc4c(c3)c3cc(-c5ccccc5)ccc3n4-c3ccc4oc5ccc(-c6ccccc6)cc5c4c3)cc2-c2cc(-c3ccccc3)ccc2C1Cc1ccc2c(c1)C1OC(c3ccccc3)C=CC1O2. The topological polar surface area (TPSA) is 36.5 Å². The lowest BCUT2D eigenvalue weighted by atomic mass is 9.69. The van der Waals surface area contributed by atoms with Gasteiger partial charge < -0.3 is 18.5 Å². The molecule has 4 heteroatoms.